The van der Waals surface area contributed by atoms with Gasteiger partial charge in [-0.1, -0.05) is 44.0 Å². The molecule has 1 aliphatic carbocycles. The Balaban J connectivity index is 1.95. The third-order valence-corrected chi connectivity index (χ3v) is 6.56. The van der Waals surface area contributed by atoms with Gasteiger partial charge in [-0.3, -0.25) is 9.59 Å². The van der Waals surface area contributed by atoms with E-state index in [1.165, 1.54) is 24.0 Å². The standard InChI is InChI=1S/C26H29N3O5/c1-3-18-20(12-17-10-6-7-11-19(17)16-8-4-5-9-16)29-13-15(2)28-26(34-14-21(30)31)23(29)22(18)24(32)25(27)33/h6-7,10-11,13,16H,3-5,8-9,12,14H2,1-2H3,(H2,27,33)(H,30,31). The molecular formula is C26H29N3O5. The Morgan fingerprint density at radius 3 is 2.56 bits per heavy atom. The summed E-state index contributed by atoms with van der Waals surface area (Å²) in [5, 5.41) is 9.12. The van der Waals surface area contributed by atoms with Gasteiger partial charge in [0.15, 0.2) is 6.61 Å². The number of fused-ring (bicyclic) bond motifs is 1. The topological polar surface area (TPSA) is 124 Å². The zero-order valence-electron chi connectivity index (χ0n) is 19.5. The summed E-state index contributed by atoms with van der Waals surface area (Å²) in [5.41, 5.74) is 10.4. The largest absolute Gasteiger partial charge is 0.479 e. The van der Waals surface area contributed by atoms with Crippen LogP contribution in [0, 0.1) is 6.92 Å². The van der Waals surface area contributed by atoms with Crippen LogP contribution in [-0.2, 0) is 22.4 Å². The quantitative estimate of drug-likeness (QED) is 0.369. The lowest BCUT2D eigenvalue weighted by Gasteiger charge is -2.16. The number of carbonyl (C=O) groups is 3. The van der Waals surface area contributed by atoms with E-state index in [2.05, 4.69) is 23.2 Å². The van der Waals surface area contributed by atoms with Crippen LogP contribution in [0.4, 0.5) is 0 Å². The van der Waals surface area contributed by atoms with E-state index >= 15 is 0 Å². The summed E-state index contributed by atoms with van der Waals surface area (Å²) < 4.78 is 7.28. The fourth-order valence-electron chi connectivity index (χ4n) is 5.15. The Morgan fingerprint density at radius 2 is 1.91 bits per heavy atom. The highest BCUT2D eigenvalue weighted by Gasteiger charge is 2.30. The van der Waals surface area contributed by atoms with Crippen molar-refractivity contribution >= 4 is 23.2 Å². The van der Waals surface area contributed by atoms with Gasteiger partial charge in [0, 0.05) is 18.3 Å². The molecule has 34 heavy (non-hydrogen) atoms. The van der Waals surface area contributed by atoms with Gasteiger partial charge in [0.25, 0.3) is 11.7 Å². The maximum absolute atomic E-state index is 13.0. The number of aliphatic carboxylic acids is 1. The Morgan fingerprint density at radius 1 is 1.21 bits per heavy atom. The third-order valence-electron chi connectivity index (χ3n) is 6.56. The molecule has 1 saturated carbocycles. The molecule has 0 atom stereocenters. The lowest BCUT2D eigenvalue weighted by atomic mass is 9.90. The number of aromatic nitrogens is 2. The maximum Gasteiger partial charge on any atom is 0.341 e. The van der Waals surface area contributed by atoms with Gasteiger partial charge in [-0.05, 0) is 48.8 Å². The number of ketones is 1. The third kappa shape index (κ3) is 4.40. The molecular weight excluding hydrogens is 434 g/mol. The number of aryl methyl sites for hydroxylation is 1. The average molecular weight is 464 g/mol. The number of carboxylic acid groups (broad SMARTS) is 1. The number of primary amides is 1. The minimum absolute atomic E-state index is 0.00275. The Labute approximate surface area is 197 Å². The van der Waals surface area contributed by atoms with Crippen LogP contribution in [0.25, 0.3) is 5.52 Å². The van der Waals surface area contributed by atoms with Crippen LogP contribution < -0.4 is 10.5 Å². The molecule has 0 saturated heterocycles. The molecule has 0 unspecified atom stereocenters. The summed E-state index contributed by atoms with van der Waals surface area (Å²) in [5.74, 6) is -2.58. The van der Waals surface area contributed by atoms with Gasteiger partial charge in [0.1, 0.15) is 5.52 Å². The van der Waals surface area contributed by atoms with Gasteiger partial charge >= 0.3 is 5.97 Å². The number of amides is 1. The van der Waals surface area contributed by atoms with Crippen LogP contribution in [0.15, 0.2) is 30.5 Å². The zero-order chi connectivity index (χ0) is 24.4. The van der Waals surface area contributed by atoms with E-state index in [-0.39, 0.29) is 17.0 Å². The summed E-state index contributed by atoms with van der Waals surface area (Å²) in [7, 11) is 0. The van der Waals surface area contributed by atoms with Gasteiger partial charge < -0.3 is 20.0 Å². The number of benzene rings is 1. The average Bonchev–Trinajstić information content (AvgIpc) is 3.44. The van der Waals surface area contributed by atoms with E-state index in [9.17, 15) is 14.4 Å². The molecule has 2 heterocycles. The number of Topliss-reactive ketones (excluding diaryl/α,β-unsaturated/α-hetero) is 1. The van der Waals surface area contributed by atoms with Crippen molar-refractivity contribution in [2.45, 2.75) is 58.3 Å². The summed E-state index contributed by atoms with van der Waals surface area (Å²) in [6.45, 7) is 3.06. The number of ether oxygens (including phenoxy) is 1. The van der Waals surface area contributed by atoms with Gasteiger partial charge in [0.05, 0.1) is 11.3 Å². The smallest absolute Gasteiger partial charge is 0.341 e. The lowest BCUT2D eigenvalue weighted by molar-refractivity contribution is -0.139. The van der Waals surface area contributed by atoms with Crippen LogP contribution in [0.2, 0.25) is 0 Å². The number of carbonyl (C=O) groups excluding carboxylic acids is 2. The number of hydrogen-bond donors (Lipinski definition) is 2. The predicted molar refractivity (Wildman–Crippen MR) is 126 cm³/mol. The molecule has 0 bridgehead atoms. The SMILES string of the molecule is CCc1c(C(=O)C(N)=O)c2c(OCC(=O)O)nc(C)cn2c1Cc1ccccc1C1CCCC1. The number of hydrogen-bond acceptors (Lipinski definition) is 5. The second-order valence-electron chi connectivity index (χ2n) is 8.79. The summed E-state index contributed by atoms with van der Waals surface area (Å²) in [6.07, 6.45) is 7.58. The first kappa shape index (κ1) is 23.5. The number of nitrogens with two attached hydrogens (primary N) is 1. The molecule has 4 rings (SSSR count). The molecule has 8 nitrogen and oxygen atoms in total. The normalized spacial score (nSPS) is 13.9. The van der Waals surface area contributed by atoms with E-state index in [1.807, 2.05) is 17.4 Å². The fourth-order valence-corrected chi connectivity index (χ4v) is 5.15. The van der Waals surface area contributed by atoms with Crippen LogP contribution >= 0.6 is 0 Å². The maximum atomic E-state index is 13.0. The summed E-state index contributed by atoms with van der Waals surface area (Å²) in [4.78, 5) is 40.4. The molecule has 8 heteroatoms. The summed E-state index contributed by atoms with van der Waals surface area (Å²) in [6, 6.07) is 8.36. The monoisotopic (exact) mass is 463 g/mol. The highest BCUT2D eigenvalue weighted by atomic mass is 16.5. The molecule has 1 fully saturated rings. The minimum Gasteiger partial charge on any atom is -0.479 e. The van der Waals surface area contributed by atoms with Crippen molar-refractivity contribution in [2.75, 3.05) is 6.61 Å². The molecule has 0 spiro atoms. The zero-order valence-corrected chi connectivity index (χ0v) is 19.5. The van der Waals surface area contributed by atoms with Crippen molar-refractivity contribution in [1.82, 2.24) is 9.38 Å². The molecule has 1 aromatic carbocycles. The van der Waals surface area contributed by atoms with Gasteiger partial charge in [-0.15, -0.1) is 0 Å². The first-order chi connectivity index (χ1) is 16.3. The van der Waals surface area contributed by atoms with Crippen molar-refractivity contribution in [3.8, 4) is 5.88 Å². The molecule has 178 valence electrons. The molecule has 3 N–H and O–H groups in total. The van der Waals surface area contributed by atoms with Crippen molar-refractivity contribution in [3.63, 3.8) is 0 Å². The van der Waals surface area contributed by atoms with Crippen molar-refractivity contribution in [1.29, 1.82) is 0 Å². The Hall–Kier alpha value is -3.68. The Bertz CT molecular complexity index is 1270. The van der Waals surface area contributed by atoms with E-state index < -0.39 is 24.3 Å². The van der Waals surface area contributed by atoms with Crippen LogP contribution in [0.5, 0.6) is 5.88 Å². The van der Waals surface area contributed by atoms with Gasteiger partial charge in [0.2, 0.25) is 5.88 Å². The van der Waals surface area contributed by atoms with Crippen LogP contribution in [0.1, 0.15) is 77.0 Å². The molecule has 1 aliphatic rings. The van der Waals surface area contributed by atoms with Crippen molar-refractivity contribution in [2.24, 2.45) is 5.73 Å². The van der Waals surface area contributed by atoms with Gasteiger partial charge in [-0.25, -0.2) is 9.78 Å². The Kier molecular flexibility index (Phi) is 6.68. The lowest BCUT2D eigenvalue weighted by Crippen LogP contribution is -2.24. The predicted octanol–water partition coefficient (Wildman–Crippen LogP) is 3.58. The first-order valence-corrected chi connectivity index (χ1v) is 11.6. The molecule has 3 aromatic rings. The number of rotatable bonds is 9. The highest BCUT2D eigenvalue weighted by Crippen LogP contribution is 2.38. The number of nitrogens with zero attached hydrogens (tertiary/aromatic N) is 2. The molecule has 0 radical (unpaired) electrons. The second-order valence-corrected chi connectivity index (χ2v) is 8.79. The van der Waals surface area contributed by atoms with Crippen LogP contribution in [0.3, 0.4) is 0 Å². The fraction of sp³-hybridized carbons (Fsp3) is 0.385. The van der Waals surface area contributed by atoms with E-state index in [4.69, 9.17) is 15.6 Å². The second kappa shape index (κ2) is 9.67. The molecule has 1 amide bonds. The van der Waals surface area contributed by atoms with E-state index in [0.717, 1.165) is 18.5 Å². The van der Waals surface area contributed by atoms with Crippen molar-refractivity contribution < 1.29 is 24.2 Å². The number of carboxylic acids is 1. The first-order valence-electron chi connectivity index (χ1n) is 11.6. The van der Waals surface area contributed by atoms with E-state index in [1.54, 1.807) is 13.1 Å². The van der Waals surface area contributed by atoms with Gasteiger partial charge in [-0.2, -0.15) is 0 Å². The highest BCUT2D eigenvalue weighted by molar-refractivity contribution is 6.44. The molecule has 2 aromatic heterocycles. The van der Waals surface area contributed by atoms with E-state index in [0.29, 0.717) is 30.0 Å². The molecule has 0 aliphatic heterocycles. The van der Waals surface area contributed by atoms with Crippen LogP contribution in [-0.4, -0.2) is 38.8 Å². The van der Waals surface area contributed by atoms with Crippen molar-refractivity contribution in [3.05, 3.63) is 64.1 Å². The summed E-state index contributed by atoms with van der Waals surface area (Å²) >= 11 is 0. The minimum atomic E-state index is -1.17.